The zero-order valence-electron chi connectivity index (χ0n) is 21.1. The van der Waals surface area contributed by atoms with Crippen molar-refractivity contribution in [3.63, 3.8) is 0 Å². The van der Waals surface area contributed by atoms with Crippen molar-refractivity contribution in [2.45, 2.75) is 11.3 Å². The summed E-state index contributed by atoms with van der Waals surface area (Å²) in [4.78, 5) is 14.9. The molecule has 3 aromatic rings. The highest BCUT2D eigenvalue weighted by Gasteiger charge is 2.29. The average Bonchev–Trinajstić information content (AvgIpc) is 2.93. The van der Waals surface area contributed by atoms with E-state index in [1.165, 1.54) is 23.5 Å². The summed E-state index contributed by atoms with van der Waals surface area (Å²) < 4.78 is 43.9. The molecule has 37 heavy (non-hydrogen) atoms. The van der Waals surface area contributed by atoms with Gasteiger partial charge in [0, 0.05) is 31.9 Å². The largest absolute Gasteiger partial charge is 0.495 e. The lowest BCUT2D eigenvalue weighted by atomic mass is 10.1. The Labute approximate surface area is 217 Å². The summed E-state index contributed by atoms with van der Waals surface area (Å²) in [5.41, 5.74) is 2.24. The van der Waals surface area contributed by atoms with E-state index < -0.39 is 10.0 Å². The van der Waals surface area contributed by atoms with Crippen molar-refractivity contribution in [3.05, 3.63) is 72.3 Å². The molecular formula is C27H31N3O6S. The van der Waals surface area contributed by atoms with Gasteiger partial charge in [0.1, 0.15) is 5.75 Å². The van der Waals surface area contributed by atoms with Gasteiger partial charge < -0.3 is 24.4 Å². The monoisotopic (exact) mass is 525 g/mol. The number of carbonyl (C=O) groups is 1. The van der Waals surface area contributed by atoms with Crippen molar-refractivity contribution in [2.75, 3.05) is 57.7 Å². The molecule has 1 aliphatic heterocycles. The Morgan fingerprint density at radius 3 is 2.11 bits per heavy atom. The number of amides is 1. The van der Waals surface area contributed by atoms with Gasteiger partial charge in [-0.3, -0.25) is 4.79 Å². The van der Waals surface area contributed by atoms with E-state index in [2.05, 4.69) is 10.2 Å². The molecule has 4 rings (SSSR count). The molecule has 196 valence electrons. The van der Waals surface area contributed by atoms with Gasteiger partial charge in [0.2, 0.25) is 15.9 Å². The lowest BCUT2D eigenvalue weighted by Gasteiger charge is -2.35. The predicted octanol–water partition coefficient (Wildman–Crippen LogP) is 3.40. The molecule has 0 spiro atoms. The van der Waals surface area contributed by atoms with Gasteiger partial charge >= 0.3 is 0 Å². The number of para-hydroxylation sites is 2. The molecule has 1 N–H and O–H groups in total. The van der Waals surface area contributed by atoms with Gasteiger partial charge in [0.15, 0.2) is 11.5 Å². The number of hydrogen-bond acceptors (Lipinski definition) is 7. The van der Waals surface area contributed by atoms with Crippen LogP contribution in [0.5, 0.6) is 17.2 Å². The van der Waals surface area contributed by atoms with E-state index in [1.807, 2.05) is 24.3 Å². The van der Waals surface area contributed by atoms with E-state index in [0.29, 0.717) is 43.4 Å². The van der Waals surface area contributed by atoms with Crippen molar-refractivity contribution in [3.8, 4) is 17.2 Å². The fraction of sp³-hybridized carbons (Fsp3) is 0.296. The first kappa shape index (κ1) is 26.3. The van der Waals surface area contributed by atoms with Gasteiger partial charge in [0.25, 0.3) is 0 Å². The molecule has 1 heterocycles. The van der Waals surface area contributed by atoms with Crippen molar-refractivity contribution >= 4 is 27.3 Å². The molecule has 0 unspecified atom stereocenters. The highest BCUT2D eigenvalue weighted by molar-refractivity contribution is 7.89. The normalized spacial score (nSPS) is 14.2. The summed E-state index contributed by atoms with van der Waals surface area (Å²) >= 11 is 0. The van der Waals surface area contributed by atoms with Crippen LogP contribution in [0.1, 0.15) is 5.56 Å². The molecule has 1 fully saturated rings. The SMILES string of the molecule is COc1ccc(CC(=O)Nc2ccc(S(=O)(=O)N3CCN(c4ccccc4OC)CC3)cc2)cc1OC. The lowest BCUT2D eigenvalue weighted by molar-refractivity contribution is -0.115. The molecule has 3 aromatic carbocycles. The summed E-state index contributed by atoms with van der Waals surface area (Å²) in [5, 5.41) is 2.81. The van der Waals surface area contributed by atoms with Crippen LogP contribution >= 0.6 is 0 Å². The van der Waals surface area contributed by atoms with Gasteiger partial charge in [-0.25, -0.2) is 8.42 Å². The van der Waals surface area contributed by atoms with Gasteiger partial charge in [-0.1, -0.05) is 18.2 Å². The third-order valence-corrected chi connectivity index (χ3v) is 8.17. The molecule has 0 aromatic heterocycles. The predicted molar refractivity (Wildman–Crippen MR) is 142 cm³/mol. The minimum Gasteiger partial charge on any atom is -0.495 e. The molecule has 10 heteroatoms. The summed E-state index contributed by atoms with van der Waals surface area (Å²) in [6, 6.07) is 19.3. The van der Waals surface area contributed by atoms with E-state index in [1.54, 1.807) is 44.6 Å². The van der Waals surface area contributed by atoms with Crippen LogP contribution < -0.4 is 24.4 Å². The number of ether oxygens (including phenoxy) is 3. The van der Waals surface area contributed by atoms with E-state index in [4.69, 9.17) is 14.2 Å². The van der Waals surface area contributed by atoms with Gasteiger partial charge in [-0.2, -0.15) is 4.31 Å². The van der Waals surface area contributed by atoms with Crippen LogP contribution in [0.3, 0.4) is 0 Å². The zero-order valence-corrected chi connectivity index (χ0v) is 22.0. The number of sulfonamides is 1. The number of carbonyl (C=O) groups excluding carboxylic acids is 1. The molecule has 0 radical (unpaired) electrons. The Morgan fingerprint density at radius 2 is 1.46 bits per heavy atom. The van der Waals surface area contributed by atoms with Crippen LogP contribution in [-0.2, 0) is 21.2 Å². The maximum Gasteiger partial charge on any atom is 0.243 e. The molecule has 1 aliphatic rings. The third kappa shape index (κ3) is 5.98. The van der Waals surface area contributed by atoms with Gasteiger partial charge in [-0.05, 0) is 54.1 Å². The van der Waals surface area contributed by atoms with Crippen molar-refractivity contribution < 1.29 is 27.4 Å². The Balaban J connectivity index is 1.36. The molecule has 0 atom stereocenters. The first-order valence-corrected chi connectivity index (χ1v) is 13.3. The molecular weight excluding hydrogens is 494 g/mol. The summed E-state index contributed by atoms with van der Waals surface area (Å²) in [6.07, 6.45) is 0.136. The van der Waals surface area contributed by atoms with Crippen LogP contribution in [0.15, 0.2) is 71.6 Å². The second-order valence-corrected chi connectivity index (χ2v) is 10.4. The number of rotatable bonds is 9. The van der Waals surface area contributed by atoms with Crippen molar-refractivity contribution in [1.82, 2.24) is 4.31 Å². The minimum absolute atomic E-state index is 0.136. The molecule has 0 bridgehead atoms. The third-order valence-electron chi connectivity index (χ3n) is 6.25. The average molecular weight is 526 g/mol. The van der Waals surface area contributed by atoms with E-state index in [9.17, 15) is 13.2 Å². The van der Waals surface area contributed by atoms with E-state index in [0.717, 1.165) is 17.0 Å². The Kier molecular flexibility index (Phi) is 8.20. The molecule has 0 saturated carbocycles. The molecule has 1 saturated heterocycles. The number of methoxy groups -OCH3 is 3. The Morgan fingerprint density at radius 1 is 0.811 bits per heavy atom. The summed E-state index contributed by atoms with van der Waals surface area (Å²) in [5.74, 6) is 1.67. The van der Waals surface area contributed by atoms with Crippen LogP contribution in [0.25, 0.3) is 0 Å². The van der Waals surface area contributed by atoms with E-state index >= 15 is 0 Å². The standard InChI is InChI=1S/C27H31N3O6S/c1-34-24-7-5-4-6-23(24)29-14-16-30(17-15-29)37(32,33)22-11-9-21(10-12-22)28-27(31)19-20-8-13-25(35-2)26(18-20)36-3/h4-13,18H,14-17,19H2,1-3H3,(H,28,31). The lowest BCUT2D eigenvalue weighted by Crippen LogP contribution is -2.48. The first-order valence-electron chi connectivity index (χ1n) is 11.8. The quantitative estimate of drug-likeness (QED) is 0.457. The number of anilines is 2. The first-order chi connectivity index (χ1) is 17.8. The molecule has 0 aliphatic carbocycles. The maximum absolute atomic E-state index is 13.2. The van der Waals surface area contributed by atoms with Gasteiger partial charge in [-0.15, -0.1) is 0 Å². The van der Waals surface area contributed by atoms with Crippen molar-refractivity contribution in [2.24, 2.45) is 0 Å². The number of nitrogens with zero attached hydrogens (tertiary/aromatic N) is 2. The smallest absolute Gasteiger partial charge is 0.243 e. The number of benzene rings is 3. The Hall–Kier alpha value is -3.76. The summed E-state index contributed by atoms with van der Waals surface area (Å²) in [7, 11) is 1.06. The fourth-order valence-corrected chi connectivity index (χ4v) is 5.72. The minimum atomic E-state index is -3.65. The number of hydrogen-bond donors (Lipinski definition) is 1. The van der Waals surface area contributed by atoms with Crippen LogP contribution in [0, 0.1) is 0 Å². The van der Waals surface area contributed by atoms with E-state index in [-0.39, 0.29) is 17.2 Å². The highest BCUT2D eigenvalue weighted by atomic mass is 32.2. The van der Waals surface area contributed by atoms with Crippen LogP contribution in [0.2, 0.25) is 0 Å². The Bertz CT molecular complexity index is 1340. The van der Waals surface area contributed by atoms with Crippen LogP contribution in [-0.4, -0.2) is 66.1 Å². The second kappa shape index (κ2) is 11.5. The maximum atomic E-state index is 13.2. The summed E-state index contributed by atoms with van der Waals surface area (Å²) in [6.45, 7) is 1.85. The zero-order chi connectivity index (χ0) is 26.4. The molecule has 9 nitrogen and oxygen atoms in total. The van der Waals surface area contributed by atoms with Crippen LogP contribution in [0.4, 0.5) is 11.4 Å². The topological polar surface area (TPSA) is 97.4 Å². The fourth-order valence-electron chi connectivity index (χ4n) is 4.30. The second-order valence-electron chi connectivity index (χ2n) is 8.50. The molecule has 1 amide bonds. The van der Waals surface area contributed by atoms with Gasteiger partial charge in [0.05, 0.1) is 38.3 Å². The number of piperazine rings is 1. The number of nitrogens with one attached hydrogen (secondary N) is 1. The van der Waals surface area contributed by atoms with Crippen molar-refractivity contribution in [1.29, 1.82) is 0 Å². The highest BCUT2D eigenvalue weighted by Crippen LogP contribution is 2.30.